The molecular formula is C12H13ClO4. The first-order valence-electron chi connectivity index (χ1n) is 5.40. The molecule has 17 heavy (non-hydrogen) atoms. The summed E-state index contributed by atoms with van der Waals surface area (Å²) in [6.07, 6.45) is 2.46. The maximum absolute atomic E-state index is 10.7. The fourth-order valence-electron chi connectivity index (χ4n) is 1.36. The Labute approximate surface area is 104 Å². The number of aromatic carboxylic acids is 1. The average Bonchev–Trinajstić information content (AvgIpc) is 3.09. The molecule has 1 aliphatic carbocycles. The van der Waals surface area contributed by atoms with Gasteiger partial charge in [0.1, 0.15) is 5.75 Å². The highest BCUT2D eigenvalue weighted by Gasteiger charge is 2.21. The topological polar surface area (TPSA) is 55.8 Å². The first-order chi connectivity index (χ1) is 8.16. The lowest BCUT2D eigenvalue weighted by Crippen LogP contribution is -2.06. The monoisotopic (exact) mass is 256 g/mol. The summed E-state index contributed by atoms with van der Waals surface area (Å²) in [6.45, 7) is 0.855. The molecule has 5 heteroatoms. The molecule has 0 spiro atoms. The van der Waals surface area contributed by atoms with Crippen LogP contribution in [0, 0.1) is 5.92 Å². The Morgan fingerprint density at radius 3 is 2.82 bits per heavy atom. The maximum atomic E-state index is 10.7. The molecule has 0 aromatic heterocycles. The second-order valence-corrected chi connectivity index (χ2v) is 4.43. The van der Waals surface area contributed by atoms with Gasteiger partial charge in [0.05, 0.1) is 17.2 Å². The molecule has 1 saturated carbocycles. The largest absolute Gasteiger partial charge is 0.478 e. The number of benzene rings is 1. The number of rotatable bonds is 6. The molecule has 0 aliphatic heterocycles. The standard InChI is InChI=1S/C12H13ClO4/c13-10-5-9(12(14)15)3-4-11(10)17-7-16-6-8-1-2-8/h3-5,8H,1-2,6-7H2,(H,14,15). The third-order valence-corrected chi connectivity index (χ3v) is 2.82. The zero-order valence-electron chi connectivity index (χ0n) is 9.19. The predicted molar refractivity (Wildman–Crippen MR) is 62.6 cm³/mol. The molecule has 0 heterocycles. The SMILES string of the molecule is O=C(O)c1ccc(OCOCC2CC2)c(Cl)c1. The molecule has 2 rings (SSSR count). The zero-order valence-corrected chi connectivity index (χ0v) is 9.94. The van der Waals surface area contributed by atoms with Crippen molar-refractivity contribution < 1.29 is 19.4 Å². The van der Waals surface area contributed by atoms with Gasteiger partial charge in [0, 0.05) is 0 Å². The van der Waals surface area contributed by atoms with E-state index < -0.39 is 5.97 Å². The molecule has 0 saturated heterocycles. The highest BCUT2D eigenvalue weighted by molar-refractivity contribution is 6.32. The van der Waals surface area contributed by atoms with Gasteiger partial charge in [-0.25, -0.2) is 4.79 Å². The minimum absolute atomic E-state index is 0.140. The number of ether oxygens (including phenoxy) is 2. The van der Waals surface area contributed by atoms with E-state index in [4.69, 9.17) is 26.2 Å². The molecular weight excluding hydrogens is 244 g/mol. The summed E-state index contributed by atoms with van der Waals surface area (Å²) >= 11 is 5.88. The molecule has 0 amide bonds. The van der Waals surface area contributed by atoms with Crippen LogP contribution in [-0.4, -0.2) is 24.5 Å². The van der Waals surface area contributed by atoms with Crippen LogP contribution in [0.4, 0.5) is 0 Å². The van der Waals surface area contributed by atoms with Gasteiger partial charge in [0.15, 0.2) is 6.79 Å². The van der Waals surface area contributed by atoms with E-state index in [1.54, 1.807) is 0 Å². The predicted octanol–water partition coefficient (Wildman–Crippen LogP) is 2.80. The van der Waals surface area contributed by atoms with Gasteiger partial charge >= 0.3 is 5.97 Å². The van der Waals surface area contributed by atoms with Crippen molar-refractivity contribution in [3.63, 3.8) is 0 Å². The summed E-state index contributed by atoms with van der Waals surface area (Å²) in [4.78, 5) is 10.7. The Morgan fingerprint density at radius 1 is 1.47 bits per heavy atom. The van der Waals surface area contributed by atoms with Crippen molar-refractivity contribution in [3.05, 3.63) is 28.8 Å². The summed E-state index contributed by atoms with van der Waals surface area (Å²) in [6, 6.07) is 4.34. The number of hydrogen-bond donors (Lipinski definition) is 1. The average molecular weight is 257 g/mol. The Balaban J connectivity index is 1.84. The molecule has 4 nitrogen and oxygen atoms in total. The van der Waals surface area contributed by atoms with Gasteiger partial charge in [-0.2, -0.15) is 0 Å². The lowest BCUT2D eigenvalue weighted by atomic mass is 10.2. The Hall–Kier alpha value is -1.26. The first kappa shape index (κ1) is 12.2. The molecule has 1 aliphatic rings. The van der Waals surface area contributed by atoms with Crippen LogP contribution in [0.15, 0.2) is 18.2 Å². The second-order valence-electron chi connectivity index (χ2n) is 4.03. The van der Waals surface area contributed by atoms with E-state index in [9.17, 15) is 4.79 Å². The van der Waals surface area contributed by atoms with Crippen LogP contribution in [0.1, 0.15) is 23.2 Å². The molecule has 0 unspecified atom stereocenters. The van der Waals surface area contributed by atoms with Crippen molar-refractivity contribution in [1.82, 2.24) is 0 Å². The molecule has 92 valence electrons. The lowest BCUT2D eigenvalue weighted by Gasteiger charge is -2.08. The molecule has 1 aromatic carbocycles. The highest BCUT2D eigenvalue weighted by atomic mass is 35.5. The number of carbonyl (C=O) groups is 1. The summed E-state index contributed by atoms with van der Waals surface area (Å²) in [5.41, 5.74) is 0.140. The van der Waals surface area contributed by atoms with Crippen LogP contribution in [0.25, 0.3) is 0 Å². The van der Waals surface area contributed by atoms with E-state index >= 15 is 0 Å². The van der Waals surface area contributed by atoms with Crippen molar-refractivity contribution in [1.29, 1.82) is 0 Å². The molecule has 0 bridgehead atoms. The third-order valence-electron chi connectivity index (χ3n) is 2.53. The molecule has 1 fully saturated rings. The Kier molecular flexibility index (Phi) is 3.86. The summed E-state index contributed by atoms with van der Waals surface area (Å²) < 4.78 is 10.6. The fraction of sp³-hybridized carbons (Fsp3) is 0.417. The van der Waals surface area contributed by atoms with Gasteiger partial charge < -0.3 is 14.6 Å². The van der Waals surface area contributed by atoms with Crippen LogP contribution >= 0.6 is 11.6 Å². The van der Waals surface area contributed by atoms with E-state index in [0.717, 1.165) is 0 Å². The van der Waals surface area contributed by atoms with E-state index in [-0.39, 0.29) is 17.4 Å². The third kappa shape index (κ3) is 3.61. The van der Waals surface area contributed by atoms with Gasteiger partial charge in [-0.1, -0.05) is 11.6 Å². The summed E-state index contributed by atoms with van der Waals surface area (Å²) in [5.74, 6) is 0.111. The van der Waals surface area contributed by atoms with Crippen LogP contribution in [0.3, 0.4) is 0 Å². The Morgan fingerprint density at radius 2 is 2.24 bits per heavy atom. The highest BCUT2D eigenvalue weighted by Crippen LogP contribution is 2.29. The molecule has 0 atom stereocenters. The number of hydrogen-bond acceptors (Lipinski definition) is 3. The van der Waals surface area contributed by atoms with Crippen molar-refractivity contribution in [2.45, 2.75) is 12.8 Å². The second kappa shape index (κ2) is 5.38. The lowest BCUT2D eigenvalue weighted by molar-refractivity contribution is 0.0100. The van der Waals surface area contributed by atoms with Crippen molar-refractivity contribution >= 4 is 17.6 Å². The van der Waals surface area contributed by atoms with Crippen molar-refractivity contribution in [3.8, 4) is 5.75 Å². The molecule has 1 aromatic rings. The zero-order chi connectivity index (χ0) is 12.3. The van der Waals surface area contributed by atoms with Crippen molar-refractivity contribution in [2.75, 3.05) is 13.4 Å². The minimum Gasteiger partial charge on any atom is -0.478 e. The summed E-state index contributed by atoms with van der Waals surface area (Å²) in [5, 5.41) is 9.04. The van der Waals surface area contributed by atoms with Crippen LogP contribution in [0.2, 0.25) is 5.02 Å². The first-order valence-corrected chi connectivity index (χ1v) is 5.78. The normalized spacial score (nSPS) is 14.6. The fourth-order valence-corrected chi connectivity index (χ4v) is 1.59. The van der Waals surface area contributed by atoms with E-state index in [0.29, 0.717) is 18.3 Å². The van der Waals surface area contributed by atoms with Crippen LogP contribution in [-0.2, 0) is 4.74 Å². The van der Waals surface area contributed by atoms with Gasteiger partial charge in [-0.15, -0.1) is 0 Å². The minimum atomic E-state index is -1.01. The van der Waals surface area contributed by atoms with E-state index in [1.807, 2.05) is 0 Å². The van der Waals surface area contributed by atoms with E-state index in [2.05, 4.69) is 0 Å². The van der Waals surface area contributed by atoms with Crippen molar-refractivity contribution in [2.24, 2.45) is 5.92 Å². The number of halogens is 1. The Bertz CT molecular complexity index is 415. The van der Waals surface area contributed by atoms with Gasteiger partial charge in [-0.05, 0) is 37.0 Å². The van der Waals surface area contributed by atoms with Gasteiger partial charge in [0.25, 0.3) is 0 Å². The molecule has 1 N–H and O–H groups in total. The maximum Gasteiger partial charge on any atom is 0.335 e. The number of carboxylic acid groups (broad SMARTS) is 1. The van der Waals surface area contributed by atoms with Gasteiger partial charge in [0.2, 0.25) is 0 Å². The smallest absolute Gasteiger partial charge is 0.335 e. The molecule has 0 radical (unpaired) electrons. The quantitative estimate of drug-likeness (QED) is 0.628. The number of carboxylic acids is 1. The van der Waals surface area contributed by atoms with Crippen LogP contribution in [0.5, 0.6) is 5.75 Å². The van der Waals surface area contributed by atoms with Gasteiger partial charge in [-0.3, -0.25) is 0 Å². The van der Waals surface area contributed by atoms with E-state index in [1.165, 1.54) is 31.0 Å². The van der Waals surface area contributed by atoms with Crippen LogP contribution < -0.4 is 4.74 Å². The summed E-state index contributed by atoms with van der Waals surface area (Å²) in [7, 11) is 0.